The first-order chi connectivity index (χ1) is 5.24. The SMILES string of the molecule is [C-]#[N+]c1ccc(C(=O)S)cc1. The van der Waals surface area contributed by atoms with E-state index in [1.165, 1.54) is 0 Å². The number of benzene rings is 1. The van der Waals surface area contributed by atoms with Crippen LogP contribution in [0, 0.1) is 6.57 Å². The van der Waals surface area contributed by atoms with Gasteiger partial charge in [0.15, 0.2) is 5.69 Å². The summed E-state index contributed by atoms with van der Waals surface area (Å²) in [5, 5.41) is -0.276. The number of hydrogen-bond acceptors (Lipinski definition) is 1. The zero-order chi connectivity index (χ0) is 8.27. The van der Waals surface area contributed by atoms with Gasteiger partial charge in [-0.25, -0.2) is 4.85 Å². The van der Waals surface area contributed by atoms with Crippen molar-refractivity contribution in [3.8, 4) is 0 Å². The van der Waals surface area contributed by atoms with E-state index in [-0.39, 0.29) is 5.12 Å². The second kappa shape index (κ2) is 3.22. The summed E-state index contributed by atoms with van der Waals surface area (Å²) >= 11 is 3.63. The van der Waals surface area contributed by atoms with Gasteiger partial charge in [-0.3, -0.25) is 4.79 Å². The van der Waals surface area contributed by atoms with Gasteiger partial charge in [0, 0.05) is 5.56 Å². The van der Waals surface area contributed by atoms with Gasteiger partial charge in [-0.1, -0.05) is 24.3 Å². The van der Waals surface area contributed by atoms with E-state index in [4.69, 9.17) is 6.57 Å². The zero-order valence-corrected chi connectivity index (χ0v) is 6.51. The van der Waals surface area contributed by atoms with Crippen LogP contribution in [0.15, 0.2) is 24.3 Å². The molecule has 0 saturated heterocycles. The first-order valence-electron chi connectivity index (χ1n) is 2.95. The molecule has 0 heterocycles. The third-order valence-electron chi connectivity index (χ3n) is 1.24. The predicted octanol–water partition coefficient (Wildman–Crippen LogP) is 2.31. The maximum Gasteiger partial charge on any atom is 0.216 e. The van der Waals surface area contributed by atoms with Crippen LogP contribution in [0.3, 0.4) is 0 Å². The van der Waals surface area contributed by atoms with Gasteiger partial charge >= 0.3 is 0 Å². The fraction of sp³-hybridized carbons (Fsp3) is 0. The molecule has 0 fully saturated rings. The van der Waals surface area contributed by atoms with Crippen LogP contribution in [-0.2, 0) is 0 Å². The molecule has 11 heavy (non-hydrogen) atoms. The van der Waals surface area contributed by atoms with Gasteiger partial charge < -0.3 is 0 Å². The lowest BCUT2D eigenvalue weighted by Crippen LogP contribution is -1.85. The van der Waals surface area contributed by atoms with E-state index < -0.39 is 0 Å². The van der Waals surface area contributed by atoms with Crippen LogP contribution in [0.2, 0.25) is 0 Å². The van der Waals surface area contributed by atoms with E-state index in [0.29, 0.717) is 11.3 Å². The Bertz CT molecular complexity index is 310. The molecule has 1 aromatic rings. The minimum atomic E-state index is -0.276. The van der Waals surface area contributed by atoms with Crippen molar-refractivity contribution in [2.75, 3.05) is 0 Å². The first-order valence-corrected chi connectivity index (χ1v) is 3.39. The van der Waals surface area contributed by atoms with E-state index in [9.17, 15) is 4.79 Å². The Balaban J connectivity index is 3.03. The Morgan fingerprint density at radius 3 is 2.27 bits per heavy atom. The van der Waals surface area contributed by atoms with Gasteiger partial charge in [-0.15, -0.1) is 12.6 Å². The number of rotatable bonds is 1. The Labute approximate surface area is 70.1 Å². The third kappa shape index (κ3) is 1.82. The molecule has 54 valence electrons. The van der Waals surface area contributed by atoms with Crippen molar-refractivity contribution in [2.45, 2.75) is 0 Å². The maximum atomic E-state index is 10.6. The van der Waals surface area contributed by atoms with Crippen molar-refractivity contribution >= 4 is 23.4 Å². The number of carbonyl (C=O) groups excluding carboxylic acids is 1. The third-order valence-corrected chi connectivity index (χ3v) is 1.50. The van der Waals surface area contributed by atoms with Crippen LogP contribution in [0.5, 0.6) is 0 Å². The summed E-state index contributed by atoms with van der Waals surface area (Å²) in [7, 11) is 0. The molecule has 0 radical (unpaired) electrons. The molecular weight excluding hydrogens is 158 g/mol. The molecule has 0 aliphatic heterocycles. The van der Waals surface area contributed by atoms with Crippen LogP contribution in [0.1, 0.15) is 10.4 Å². The van der Waals surface area contributed by atoms with Crippen LogP contribution in [0.4, 0.5) is 5.69 Å². The fourth-order valence-electron chi connectivity index (χ4n) is 0.679. The summed E-state index contributed by atoms with van der Waals surface area (Å²) in [6.45, 7) is 6.64. The van der Waals surface area contributed by atoms with Crippen LogP contribution >= 0.6 is 12.6 Å². The van der Waals surface area contributed by atoms with Crippen molar-refractivity contribution in [1.82, 2.24) is 0 Å². The summed E-state index contributed by atoms with van der Waals surface area (Å²) in [6.07, 6.45) is 0. The highest BCUT2D eigenvalue weighted by atomic mass is 32.1. The lowest BCUT2D eigenvalue weighted by molar-refractivity contribution is 0.109. The van der Waals surface area contributed by atoms with E-state index >= 15 is 0 Å². The lowest BCUT2D eigenvalue weighted by atomic mass is 10.2. The predicted molar refractivity (Wildman–Crippen MR) is 46.0 cm³/mol. The van der Waals surface area contributed by atoms with Gasteiger partial charge in [0.05, 0.1) is 6.57 Å². The van der Waals surface area contributed by atoms with E-state index in [1.807, 2.05) is 0 Å². The van der Waals surface area contributed by atoms with Gasteiger partial charge in [0.2, 0.25) is 5.12 Å². The molecule has 0 saturated carbocycles. The highest BCUT2D eigenvalue weighted by Crippen LogP contribution is 2.13. The molecular formula is C8H5NOS. The normalized spacial score (nSPS) is 8.73. The molecule has 3 heteroatoms. The van der Waals surface area contributed by atoms with Gasteiger partial charge in [-0.05, 0) is 0 Å². The Morgan fingerprint density at radius 2 is 1.91 bits per heavy atom. The minimum absolute atomic E-state index is 0.276. The molecule has 0 unspecified atom stereocenters. The minimum Gasteiger partial charge on any atom is -0.282 e. The quantitative estimate of drug-likeness (QED) is 0.498. The van der Waals surface area contributed by atoms with Crippen LogP contribution < -0.4 is 0 Å². The Hall–Kier alpha value is -1.27. The van der Waals surface area contributed by atoms with E-state index in [1.54, 1.807) is 24.3 Å². The van der Waals surface area contributed by atoms with Crippen molar-refractivity contribution in [3.63, 3.8) is 0 Å². The number of hydrogen-bond donors (Lipinski definition) is 1. The summed E-state index contributed by atoms with van der Waals surface area (Å²) < 4.78 is 0. The molecule has 1 rings (SSSR count). The second-order valence-electron chi connectivity index (χ2n) is 1.96. The number of thiol groups is 1. The van der Waals surface area contributed by atoms with Gasteiger partial charge in [0.1, 0.15) is 0 Å². The molecule has 1 aromatic carbocycles. The molecule has 0 N–H and O–H groups in total. The maximum absolute atomic E-state index is 10.6. The summed E-state index contributed by atoms with van der Waals surface area (Å²) in [6, 6.07) is 6.36. The Kier molecular flexibility index (Phi) is 2.29. The molecule has 0 aromatic heterocycles. The molecule has 2 nitrogen and oxygen atoms in total. The molecule has 0 aliphatic carbocycles. The monoisotopic (exact) mass is 163 g/mol. The molecule has 0 atom stereocenters. The summed E-state index contributed by atoms with van der Waals surface area (Å²) in [4.78, 5) is 13.8. The number of nitrogens with zero attached hydrogens (tertiary/aromatic N) is 1. The largest absolute Gasteiger partial charge is 0.282 e. The van der Waals surface area contributed by atoms with Crippen molar-refractivity contribution in [1.29, 1.82) is 0 Å². The Morgan fingerprint density at radius 1 is 1.36 bits per heavy atom. The topological polar surface area (TPSA) is 21.4 Å². The molecule has 0 spiro atoms. The molecule has 0 amide bonds. The highest BCUT2D eigenvalue weighted by molar-refractivity contribution is 7.97. The van der Waals surface area contributed by atoms with Crippen molar-refractivity contribution in [3.05, 3.63) is 41.2 Å². The molecule has 0 aliphatic rings. The van der Waals surface area contributed by atoms with Crippen molar-refractivity contribution < 1.29 is 4.79 Å². The first kappa shape index (κ1) is 7.83. The van der Waals surface area contributed by atoms with Gasteiger partial charge in [0.25, 0.3) is 0 Å². The summed E-state index contributed by atoms with van der Waals surface area (Å²) in [5.74, 6) is 0. The zero-order valence-electron chi connectivity index (χ0n) is 5.61. The number of carbonyl (C=O) groups is 1. The summed E-state index contributed by atoms with van der Waals surface area (Å²) in [5.41, 5.74) is 1.05. The second-order valence-corrected chi connectivity index (χ2v) is 2.37. The average Bonchev–Trinajstić information content (AvgIpc) is 2.05. The standard InChI is InChI=1S/C8H5NOS/c1-9-7-4-2-6(3-5-7)8(10)11/h2-5H,(H,10,11). The van der Waals surface area contributed by atoms with Crippen LogP contribution in [-0.4, -0.2) is 5.12 Å². The lowest BCUT2D eigenvalue weighted by Gasteiger charge is -1.92. The smallest absolute Gasteiger partial charge is 0.216 e. The molecule has 0 bridgehead atoms. The van der Waals surface area contributed by atoms with E-state index in [0.717, 1.165) is 0 Å². The van der Waals surface area contributed by atoms with Crippen LogP contribution in [0.25, 0.3) is 4.85 Å². The average molecular weight is 163 g/mol. The fourth-order valence-corrected chi connectivity index (χ4v) is 0.828. The van der Waals surface area contributed by atoms with Crippen molar-refractivity contribution in [2.24, 2.45) is 0 Å². The highest BCUT2D eigenvalue weighted by Gasteiger charge is 1.97. The van der Waals surface area contributed by atoms with Gasteiger partial charge in [-0.2, -0.15) is 0 Å². The van der Waals surface area contributed by atoms with E-state index in [2.05, 4.69) is 17.5 Å².